The van der Waals surface area contributed by atoms with Gasteiger partial charge in [-0.3, -0.25) is 4.79 Å². The maximum atomic E-state index is 12.2. The maximum Gasteiger partial charge on any atom is 0.194 e. The first-order valence-corrected chi connectivity index (χ1v) is 5.81. The van der Waals surface area contributed by atoms with E-state index in [1.165, 1.54) is 0 Å². The summed E-state index contributed by atoms with van der Waals surface area (Å²) in [5, 5.41) is 9.02. The molecule has 0 N–H and O–H groups in total. The number of rotatable bonds is 2. The molecule has 0 saturated carbocycles. The van der Waals surface area contributed by atoms with Crippen LogP contribution in [0.2, 0.25) is 0 Å². The Morgan fingerprint density at radius 3 is 2.47 bits per heavy atom. The molecule has 0 amide bonds. The van der Waals surface area contributed by atoms with Gasteiger partial charge >= 0.3 is 0 Å². The van der Waals surface area contributed by atoms with Gasteiger partial charge in [0.05, 0.1) is 11.6 Å². The zero-order valence-corrected chi connectivity index (χ0v) is 10.4. The molecule has 2 rings (SSSR count). The molecule has 0 radical (unpaired) electrons. The fraction of sp³-hybridized carbons (Fsp3) is 0. The Hall–Kier alpha value is -1.92. The van der Waals surface area contributed by atoms with E-state index in [9.17, 15) is 4.79 Å². The Bertz CT molecular complexity index is 599. The molecule has 0 aliphatic carbocycles. The molecule has 0 atom stereocenters. The summed E-state index contributed by atoms with van der Waals surface area (Å²) >= 11 is 3.28. The summed E-state index contributed by atoms with van der Waals surface area (Å²) in [6.45, 7) is 0. The van der Waals surface area contributed by atoms with E-state index in [-0.39, 0.29) is 5.78 Å². The number of carbonyl (C=O) groups excluding carboxylic acids is 1. The van der Waals surface area contributed by atoms with Gasteiger partial charge in [-0.15, -0.1) is 0 Å². The lowest BCUT2D eigenvalue weighted by Gasteiger charge is -2.03. The van der Waals surface area contributed by atoms with Crippen LogP contribution in [0.5, 0.6) is 0 Å². The number of hydrogen-bond acceptors (Lipinski definition) is 2. The average Bonchev–Trinajstić information content (AvgIpc) is 2.39. The molecule has 2 aromatic rings. The van der Waals surface area contributed by atoms with Crippen LogP contribution in [-0.2, 0) is 0 Å². The topological polar surface area (TPSA) is 40.9 Å². The molecule has 0 spiro atoms. The van der Waals surface area contributed by atoms with E-state index in [0.29, 0.717) is 16.7 Å². The van der Waals surface area contributed by atoms with Crippen molar-refractivity contribution in [3.63, 3.8) is 0 Å². The molecule has 0 bridgehead atoms. The lowest BCUT2D eigenvalue weighted by atomic mass is 9.99. The van der Waals surface area contributed by atoms with E-state index in [1.807, 2.05) is 12.1 Å². The van der Waals surface area contributed by atoms with Crippen LogP contribution in [0, 0.1) is 11.3 Å². The lowest BCUT2D eigenvalue weighted by molar-refractivity contribution is 0.103. The monoisotopic (exact) mass is 285 g/mol. The number of carbonyl (C=O) groups is 1. The summed E-state index contributed by atoms with van der Waals surface area (Å²) in [5.74, 6) is -0.130. The second-order valence-corrected chi connectivity index (χ2v) is 4.41. The highest BCUT2D eigenvalue weighted by Gasteiger charge is 2.13. The van der Waals surface area contributed by atoms with Crippen LogP contribution in [0.15, 0.2) is 53.0 Å². The zero-order chi connectivity index (χ0) is 12.3. The molecule has 0 heterocycles. The highest BCUT2D eigenvalue weighted by molar-refractivity contribution is 9.10. The number of benzene rings is 2. The minimum Gasteiger partial charge on any atom is -0.289 e. The summed E-state index contributed by atoms with van der Waals surface area (Å²) in [6, 6.07) is 16.1. The molecule has 0 aliphatic rings. The van der Waals surface area contributed by atoms with E-state index in [2.05, 4.69) is 15.9 Å². The van der Waals surface area contributed by atoms with Gasteiger partial charge < -0.3 is 0 Å². The van der Waals surface area contributed by atoms with Crippen LogP contribution in [0.3, 0.4) is 0 Å². The molecule has 0 saturated heterocycles. The predicted octanol–water partition coefficient (Wildman–Crippen LogP) is 3.55. The number of halogens is 1. The van der Waals surface area contributed by atoms with Crippen molar-refractivity contribution in [3.05, 3.63) is 69.7 Å². The van der Waals surface area contributed by atoms with Gasteiger partial charge in [0.1, 0.15) is 0 Å². The predicted molar refractivity (Wildman–Crippen MR) is 68.7 cm³/mol. The van der Waals surface area contributed by atoms with Gasteiger partial charge in [-0.25, -0.2) is 0 Å². The summed E-state index contributed by atoms with van der Waals surface area (Å²) < 4.78 is 0.790. The third-order valence-electron chi connectivity index (χ3n) is 2.38. The van der Waals surface area contributed by atoms with Gasteiger partial charge in [-0.2, -0.15) is 5.26 Å². The fourth-order valence-electron chi connectivity index (χ4n) is 1.55. The fourth-order valence-corrected chi connectivity index (χ4v) is 1.91. The Kier molecular flexibility index (Phi) is 3.36. The summed E-state index contributed by atoms with van der Waals surface area (Å²) in [5.41, 5.74) is 1.40. The van der Waals surface area contributed by atoms with Crippen LogP contribution in [0.4, 0.5) is 0 Å². The van der Waals surface area contributed by atoms with Gasteiger partial charge in [-0.05, 0) is 18.2 Å². The number of nitriles is 1. The average molecular weight is 286 g/mol. The van der Waals surface area contributed by atoms with E-state index in [1.54, 1.807) is 42.5 Å². The van der Waals surface area contributed by atoms with Crippen molar-refractivity contribution in [2.45, 2.75) is 0 Å². The standard InChI is InChI=1S/C14H8BrNO/c15-12-6-7-13(11(8-12)9-16)14(17)10-4-2-1-3-5-10/h1-8H. The third-order valence-corrected chi connectivity index (χ3v) is 2.88. The molecule has 0 fully saturated rings. The summed E-state index contributed by atoms with van der Waals surface area (Å²) in [6.07, 6.45) is 0. The van der Waals surface area contributed by atoms with Crippen LogP contribution >= 0.6 is 15.9 Å². The summed E-state index contributed by atoms with van der Waals surface area (Å²) in [4.78, 5) is 12.2. The third kappa shape index (κ3) is 2.43. The molecular weight excluding hydrogens is 278 g/mol. The van der Waals surface area contributed by atoms with Crippen molar-refractivity contribution >= 4 is 21.7 Å². The van der Waals surface area contributed by atoms with Gasteiger partial charge in [0.15, 0.2) is 5.78 Å². The molecule has 0 aromatic heterocycles. The summed E-state index contributed by atoms with van der Waals surface area (Å²) in [7, 11) is 0. The van der Waals surface area contributed by atoms with Crippen molar-refractivity contribution in [1.29, 1.82) is 5.26 Å². The van der Waals surface area contributed by atoms with E-state index in [0.717, 1.165) is 4.47 Å². The van der Waals surface area contributed by atoms with Crippen LogP contribution in [-0.4, -0.2) is 5.78 Å². The SMILES string of the molecule is N#Cc1cc(Br)ccc1C(=O)c1ccccc1. The Morgan fingerprint density at radius 1 is 1.12 bits per heavy atom. The molecule has 2 nitrogen and oxygen atoms in total. The first-order chi connectivity index (χ1) is 8.22. The molecule has 17 heavy (non-hydrogen) atoms. The molecule has 3 heteroatoms. The lowest BCUT2D eigenvalue weighted by Crippen LogP contribution is -2.03. The van der Waals surface area contributed by atoms with Crippen molar-refractivity contribution in [3.8, 4) is 6.07 Å². The smallest absolute Gasteiger partial charge is 0.194 e. The van der Waals surface area contributed by atoms with Gasteiger partial charge in [0.25, 0.3) is 0 Å². The van der Waals surface area contributed by atoms with Crippen molar-refractivity contribution in [1.82, 2.24) is 0 Å². The number of hydrogen-bond donors (Lipinski definition) is 0. The number of ketones is 1. The molecule has 2 aromatic carbocycles. The van der Waals surface area contributed by atoms with Crippen molar-refractivity contribution in [2.75, 3.05) is 0 Å². The van der Waals surface area contributed by atoms with Crippen LogP contribution < -0.4 is 0 Å². The second kappa shape index (κ2) is 4.94. The largest absolute Gasteiger partial charge is 0.289 e. The van der Waals surface area contributed by atoms with Gasteiger partial charge in [-0.1, -0.05) is 46.3 Å². The first kappa shape index (κ1) is 11.6. The minimum atomic E-state index is -0.130. The normalized spacial score (nSPS) is 9.65. The molecule has 0 aliphatic heterocycles. The van der Waals surface area contributed by atoms with E-state index in [4.69, 9.17) is 5.26 Å². The quantitative estimate of drug-likeness (QED) is 0.792. The molecule has 82 valence electrons. The van der Waals surface area contributed by atoms with Crippen LogP contribution in [0.1, 0.15) is 21.5 Å². The van der Waals surface area contributed by atoms with E-state index < -0.39 is 0 Å². The molecule has 0 unspecified atom stereocenters. The second-order valence-electron chi connectivity index (χ2n) is 3.50. The first-order valence-electron chi connectivity index (χ1n) is 5.02. The van der Waals surface area contributed by atoms with Crippen molar-refractivity contribution < 1.29 is 4.79 Å². The maximum absolute atomic E-state index is 12.2. The van der Waals surface area contributed by atoms with Gasteiger partial charge in [0, 0.05) is 15.6 Å². The molecular formula is C14H8BrNO. The zero-order valence-electron chi connectivity index (χ0n) is 8.85. The highest BCUT2D eigenvalue weighted by atomic mass is 79.9. The van der Waals surface area contributed by atoms with E-state index >= 15 is 0 Å². The highest BCUT2D eigenvalue weighted by Crippen LogP contribution is 2.19. The Labute approximate surface area is 108 Å². The van der Waals surface area contributed by atoms with Crippen molar-refractivity contribution in [2.24, 2.45) is 0 Å². The Balaban J connectivity index is 2.49. The minimum absolute atomic E-state index is 0.130. The Morgan fingerprint density at radius 2 is 1.82 bits per heavy atom. The number of nitrogens with zero attached hydrogens (tertiary/aromatic N) is 1. The van der Waals surface area contributed by atoms with Gasteiger partial charge in [0.2, 0.25) is 0 Å². The van der Waals surface area contributed by atoms with Crippen LogP contribution in [0.25, 0.3) is 0 Å².